The number of β-lactam (4-membered cyclic amide) rings is 1. The molecule has 0 aromatic heterocycles. The van der Waals surface area contributed by atoms with E-state index < -0.39 is 0 Å². The van der Waals surface area contributed by atoms with Gasteiger partial charge in [0, 0.05) is 20.1 Å². The molecule has 2 aliphatic heterocycles. The lowest BCUT2D eigenvalue weighted by Crippen LogP contribution is -2.63. The zero-order valence-corrected chi connectivity index (χ0v) is 12.6. The summed E-state index contributed by atoms with van der Waals surface area (Å²) in [6, 6.07) is 8.94. The molecule has 1 aromatic rings. The number of aryl methyl sites for hydroxylation is 1. The molecule has 108 valence electrons. The smallest absolute Gasteiger partial charge is 0.230 e. The summed E-state index contributed by atoms with van der Waals surface area (Å²) >= 11 is 0. The zero-order chi connectivity index (χ0) is 14.2. The van der Waals surface area contributed by atoms with Crippen molar-refractivity contribution in [3.8, 4) is 0 Å². The van der Waals surface area contributed by atoms with Crippen molar-refractivity contribution in [1.29, 1.82) is 0 Å². The van der Waals surface area contributed by atoms with Crippen molar-refractivity contribution in [2.45, 2.75) is 32.7 Å². The number of hydrogen-bond donors (Lipinski definition) is 0. The number of piperidine rings is 1. The van der Waals surface area contributed by atoms with Crippen LogP contribution in [0.2, 0.25) is 0 Å². The van der Waals surface area contributed by atoms with Crippen LogP contribution < -0.4 is 0 Å². The van der Waals surface area contributed by atoms with E-state index in [9.17, 15) is 4.79 Å². The van der Waals surface area contributed by atoms with Gasteiger partial charge in [0.25, 0.3) is 0 Å². The van der Waals surface area contributed by atoms with E-state index >= 15 is 0 Å². The molecule has 0 bridgehead atoms. The van der Waals surface area contributed by atoms with Crippen LogP contribution in [0.1, 0.15) is 30.9 Å². The van der Waals surface area contributed by atoms with E-state index in [1.807, 2.05) is 11.9 Å². The van der Waals surface area contributed by atoms with Crippen molar-refractivity contribution in [1.82, 2.24) is 9.80 Å². The van der Waals surface area contributed by atoms with Gasteiger partial charge in [-0.15, -0.1) is 0 Å². The summed E-state index contributed by atoms with van der Waals surface area (Å²) in [6.45, 7) is 6.27. The number of amides is 1. The maximum atomic E-state index is 12.0. The minimum atomic E-state index is -0.00266. The van der Waals surface area contributed by atoms with E-state index in [4.69, 9.17) is 0 Å². The summed E-state index contributed by atoms with van der Waals surface area (Å²) in [5.74, 6) is 0.365. The molecule has 1 aromatic carbocycles. The fourth-order valence-electron chi connectivity index (χ4n) is 3.56. The maximum absolute atomic E-state index is 12.0. The number of rotatable bonds is 3. The van der Waals surface area contributed by atoms with Crippen LogP contribution in [-0.4, -0.2) is 42.4 Å². The minimum Gasteiger partial charge on any atom is -0.344 e. The molecule has 2 fully saturated rings. The highest BCUT2D eigenvalue weighted by atomic mass is 16.2. The van der Waals surface area contributed by atoms with Crippen LogP contribution in [0.4, 0.5) is 0 Å². The molecule has 0 atom stereocenters. The van der Waals surface area contributed by atoms with Crippen LogP contribution >= 0.6 is 0 Å². The number of carbonyl (C=O) groups excluding carboxylic acids is 1. The number of nitrogens with zero attached hydrogens (tertiary/aromatic N) is 2. The van der Waals surface area contributed by atoms with Crippen LogP contribution in [0.5, 0.6) is 0 Å². The van der Waals surface area contributed by atoms with Crippen molar-refractivity contribution in [2.75, 3.05) is 26.7 Å². The van der Waals surface area contributed by atoms with Crippen molar-refractivity contribution in [2.24, 2.45) is 5.41 Å². The van der Waals surface area contributed by atoms with Gasteiger partial charge in [-0.3, -0.25) is 9.69 Å². The first-order chi connectivity index (χ1) is 9.63. The predicted octanol–water partition coefficient (Wildman–Crippen LogP) is 2.30. The van der Waals surface area contributed by atoms with E-state index in [0.29, 0.717) is 5.91 Å². The molecule has 2 aliphatic rings. The van der Waals surface area contributed by atoms with Gasteiger partial charge in [0.2, 0.25) is 5.91 Å². The van der Waals surface area contributed by atoms with Crippen LogP contribution in [-0.2, 0) is 17.8 Å². The predicted molar refractivity (Wildman–Crippen MR) is 80.4 cm³/mol. The molecule has 20 heavy (non-hydrogen) atoms. The van der Waals surface area contributed by atoms with Gasteiger partial charge in [0.15, 0.2) is 0 Å². The second kappa shape index (κ2) is 5.21. The van der Waals surface area contributed by atoms with E-state index in [1.54, 1.807) is 0 Å². The van der Waals surface area contributed by atoms with E-state index in [0.717, 1.165) is 45.4 Å². The molecule has 1 spiro atoms. The molecule has 2 heterocycles. The van der Waals surface area contributed by atoms with E-state index in [2.05, 4.69) is 36.1 Å². The third-order valence-corrected chi connectivity index (χ3v) is 4.99. The highest BCUT2D eigenvalue weighted by molar-refractivity contribution is 5.88. The molecule has 0 radical (unpaired) electrons. The van der Waals surface area contributed by atoms with Gasteiger partial charge in [-0.2, -0.15) is 0 Å². The normalized spacial score (nSPS) is 22.1. The lowest BCUT2D eigenvalue weighted by atomic mass is 9.71. The Labute approximate surface area is 121 Å². The summed E-state index contributed by atoms with van der Waals surface area (Å²) in [6.07, 6.45) is 3.16. The number of hydrogen-bond acceptors (Lipinski definition) is 2. The van der Waals surface area contributed by atoms with Crippen LogP contribution in [0.25, 0.3) is 0 Å². The van der Waals surface area contributed by atoms with Gasteiger partial charge < -0.3 is 4.90 Å². The molecule has 1 amide bonds. The largest absolute Gasteiger partial charge is 0.344 e. The Balaban J connectivity index is 1.55. The molecule has 0 saturated carbocycles. The van der Waals surface area contributed by atoms with E-state index in [1.165, 1.54) is 11.1 Å². The van der Waals surface area contributed by atoms with Gasteiger partial charge in [-0.1, -0.05) is 31.2 Å². The fourth-order valence-corrected chi connectivity index (χ4v) is 3.56. The number of benzene rings is 1. The standard InChI is InChI=1S/C17H24N2O/c1-3-14-4-6-15(7-5-14)12-19-10-8-17(9-11-19)13-18(2)16(17)20/h4-7H,3,8-13H2,1-2H3. The Bertz CT molecular complexity index is 486. The highest BCUT2D eigenvalue weighted by Crippen LogP contribution is 2.40. The SMILES string of the molecule is CCc1ccc(CN2CCC3(CC2)CN(C)C3=O)cc1. The van der Waals surface area contributed by atoms with Crippen LogP contribution in [0, 0.1) is 5.41 Å². The summed E-state index contributed by atoms with van der Waals surface area (Å²) in [4.78, 5) is 16.3. The number of carbonyl (C=O) groups is 1. The first kappa shape index (κ1) is 13.6. The van der Waals surface area contributed by atoms with Crippen molar-refractivity contribution < 1.29 is 4.79 Å². The molecule has 0 N–H and O–H groups in total. The quantitative estimate of drug-likeness (QED) is 0.788. The molecule has 3 nitrogen and oxygen atoms in total. The third kappa shape index (κ3) is 2.35. The average Bonchev–Trinajstić information content (AvgIpc) is 2.50. The summed E-state index contributed by atoms with van der Waals surface area (Å²) in [7, 11) is 1.91. The van der Waals surface area contributed by atoms with Gasteiger partial charge in [-0.05, 0) is 43.5 Å². The third-order valence-electron chi connectivity index (χ3n) is 4.99. The summed E-state index contributed by atoms with van der Waals surface area (Å²) in [5.41, 5.74) is 2.78. The van der Waals surface area contributed by atoms with E-state index in [-0.39, 0.29) is 5.41 Å². The average molecular weight is 272 g/mol. The molecule has 3 heteroatoms. The topological polar surface area (TPSA) is 23.6 Å². The minimum absolute atomic E-state index is 0.00266. The zero-order valence-electron chi connectivity index (χ0n) is 12.6. The maximum Gasteiger partial charge on any atom is 0.230 e. The lowest BCUT2D eigenvalue weighted by Gasteiger charge is -2.51. The second-order valence-corrected chi connectivity index (χ2v) is 6.39. The Morgan fingerprint density at radius 2 is 1.70 bits per heavy atom. The van der Waals surface area contributed by atoms with Gasteiger partial charge in [0.05, 0.1) is 5.41 Å². The molecule has 0 aliphatic carbocycles. The van der Waals surface area contributed by atoms with Gasteiger partial charge in [0.1, 0.15) is 0 Å². The molecular weight excluding hydrogens is 248 g/mol. The number of likely N-dealkylation sites (tertiary alicyclic amines) is 2. The van der Waals surface area contributed by atoms with Crippen molar-refractivity contribution in [3.63, 3.8) is 0 Å². The summed E-state index contributed by atoms with van der Waals surface area (Å²) < 4.78 is 0. The van der Waals surface area contributed by atoms with Crippen LogP contribution in [0.3, 0.4) is 0 Å². The lowest BCUT2D eigenvalue weighted by molar-refractivity contribution is -0.162. The summed E-state index contributed by atoms with van der Waals surface area (Å²) in [5, 5.41) is 0. The van der Waals surface area contributed by atoms with Gasteiger partial charge >= 0.3 is 0 Å². The Kier molecular flexibility index (Phi) is 3.55. The van der Waals surface area contributed by atoms with Crippen LogP contribution in [0.15, 0.2) is 24.3 Å². The second-order valence-electron chi connectivity index (χ2n) is 6.39. The first-order valence-electron chi connectivity index (χ1n) is 7.69. The molecular formula is C17H24N2O. The first-order valence-corrected chi connectivity index (χ1v) is 7.69. The fraction of sp³-hybridized carbons (Fsp3) is 0.588. The molecule has 0 unspecified atom stereocenters. The van der Waals surface area contributed by atoms with Gasteiger partial charge in [-0.25, -0.2) is 0 Å². The van der Waals surface area contributed by atoms with Crippen molar-refractivity contribution in [3.05, 3.63) is 35.4 Å². The highest BCUT2D eigenvalue weighted by Gasteiger charge is 2.51. The van der Waals surface area contributed by atoms with Crippen molar-refractivity contribution >= 4 is 5.91 Å². The monoisotopic (exact) mass is 272 g/mol. The Hall–Kier alpha value is -1.35. The molecule has 3 rings (SSSR count). The molecule has 2 saturated heterocycles. The Morgan fingerprint density at radius 3 is 2.20 bits per heavy atom. The Morgan fingerprint density at radius 1 is 1.10 bits per heavy atom.